The molecule has 0 aromatic heterocycles. The highest BCUT2D eigenvalue weighted by atomic mass is 35.5. The number of alkyl halides is 3. The lowest BCUT2D eigenvalue weighted by Gasteiger charge is -2.10. The molecule has 2 N–H and O–H groups in total. The zero-order valence-corrected chi connectivity index (χ0v) is 9.27. The Kier molecular flexibility index (Phi) is 4.36. The smallest absolute Gasteiger partial charge is 0.396 e. The van der Waals surface area contributed by atoms with Crippen molar-refractivity contribution in [2.24, 2.45) is 0 Å². The summed E-state index contributed by atoms with van der Waals surface area (Å²) in [6.45, 7) is -0.0927. The molecule has 0 spiro atoms. The van der Waals surface area contributed by atoms with Crippen LogP contribution in [-0.2, 0) is 11.2 Å². The van der Waals surface area contributed by atoms with Crippen LogP contribution in [0.15, 0.2) is 18.2 Å². The van der Waals surface area contributed by atoms with Gasteiger partial charge in [-0.2, -0.15) is 13.2 Å². The number of hydrogen-bond donors (Lipinski definition) is 2. The van der Waals surface area contributed by atoms with Crippen molar-refractivity contribution >= 4 is 23.2 Å². The maximum Gasteiger partial charge on any atom is 0.471 e. The molecule has 94 valence electrons. The third-order valence-electron chi connectivity index (χ3n) is 1.94. The molecule has 0 bridgehead atoms. The van der Waals surface area contributed by atoms with Gasteiger partial charge in [0, 0.05) is 6.61 Å². The van der Waals surface area contributed by atoms with Crippen LogP contribution in [0.2, 0.25) is 5.02 Å². The average molecular weight is 268 g/mol. The summed E-state index contributed by atoms with van der Waals surface area (Å²) in [6, 6.07) is 4.13. The molecule has 0 aliphatic rings. The van der Waals surface area contributed by atoms with Gasteiger partial charge in [0.25, 0.3) is 0 Å². The Morgan fingerprint density at radius 3 is 2.53 bits per heavy atom. The third-order valence-corrected chi connectivity index (χ3v) is 2.25. The van der Waals surface area contributed by atoms with Gasteiger partial charge < -0.3 is 10.4 Å². The maximum absolute atomic E-state index is 12.0. The number of aliphatic hydroxyl groups excluding tert-OH is 1. The molecule has 17 heavy (non-hydrogen) atoms. The second-order valence-corrected chi connectivity index (χ2v) is 3.65. The summed E-state index contributed by atoms with van der Waals surface area (Å²) in [6.07, 6.45) is -4.61. The number of hydrogen-bond acceptors (Lipinski definition) is 2. The maximum atomic E-state index is 12.0. The number of nitrogens with one attached hydrogen (secondary N) is 1. The first-order chi connectivity index (χ1) is 7.84. The number of aliphatic hydroxyl groups is 1. The molecule has 0 atom stereocenters. The van der Waals surface area contributed by atoms with E-state index >= 15 is 0 Å². The average Bonchev–Trinajstić information content (AvgIpc) is 2.21. The lowest BCUT2D eigenvalue weighted by atomic mass is 10.1. The van der Waals surface area contributed by atoms with Crippen LogP contribution in [-0.4, -0.2) is 23.8 Å². The van der Waals surface area contributed by atoms with E-state index in [9.17, 15) is 18.0 Å². The minimum atomic E-state index is -4.95. The van der Waals surface area contributed by atoms with Crippen LogP contribution in [0.1, 0.15) is 5.56 Å². The molecule has 7 heteroatoms. The molecule has 0 unspecified atom stereocenters. The monoisotopic (exact) mass is 267 g/mol. The van der Waals surface area contributed by atoms with Gasteiger partial charge in [-0.1, -0.05) is 17.7 Å². The third kappa shape index (κ3) is 3.90. The Labute approximate surface area is 100 Å². The molecule has 1 aromatic carbocycles. The summed E-state index contributed by atoms with van der Waals surface area (Å²) >= 11 is 5.70. The van der Waals surface area contributed by atoms with Crippen molar-refractivity contribution in [3.8, 4) is 0 Å². The molecule has 0 saturated carbocycles. The molecular weight excluding hydrogens is 259 g/mol. The van der Waals surface area contributed by atoms with Gasteiger partial charge in [-0.05, 0) is 24.1 Å². The van der Waals surface area contributed by atoms with E-state index in [1.165, 1.54) is 18.2 Å². The Balaban J connectivity index is 2.83. The predicted molar refractivity (Wildman–Crippen MR) is 56.9 cm³/mol. The largest absolute Gasteiger partial charge is 0.471 e. The molecule has 1 amide bonds. The number of benzene rings is 1. The van der Waals surface area contributed by atoms with Gasteiger partial charge in [0.15, 0.2) is 0 Å². The van der Waals surface area contributed by atoms with E-state index < -0.39 is 12.1 Å². The molecule has 0 aliphatic carbocycles. The summed E-state index contributed by atoms with van der Waals surface area (Å²) in [5.41, 5.74) is 0.554. The molecular formula is C10H9ClF3NO2. The number of anilines is 1. The molecule has 0 aliphatic heterocycles. The van der Waals surface area contributed by atoms with Crippen molar-refractivity contribution in [2.75, 3.05) is 11.9 Å². The number of rotatable bonds is 3. The lowest BCUT2D eigenvalue weighted by molar-refractivity contribution is -0.167. The molecule has 0 saturated heterocycles. The van der Waals surface area contributed by atoms with Crippen molar-refractivity contribution in [3.63, 3.8) is 0 Å². The van der Waals surface area contributed by atoms with Gasteiger partial charge in [-0.15, -0.1) is 0 Å². The van der Waals surface area contributed by atoms with Crippen LogP contribution in [0, 0.1) is 0 Å². The molecule has 0 radical (unpaired) electrons. The minimum absolute atomic E-state index is 0.00597. The number of amides is 1. The van der Waals surface area contributed by atoms with Crippen LogP contribution in [0.5, 0.6) is 0 Å². The predicted octanol–water partition coefficient (Wildman–Crippen LogP) is 2.38. The van der Waals surface area contributed by atoms with Crippen LogP contribution in [0.4, 0.5) is 18.9 Å². The van der Waals surface area contributed by atoms with Crippen molar-refractivity contribution in [1.82, 2.24) is 0 Å². The fraction of sp³-hybridized carbons (Fsp3) is 0.300. The van der Waals surface area contributed by atoms with Gasteiger partial charge in [-0.3, -0.25) is 4.79 Å². The fourth-order valence-electron chi connectivity index (χ4n) is 1.14. The van der Waals surface area contributed by atoms with Crippen LogP contribution in [0.3, 0.4) is 0 Å². The Morgan fingerprint density at radius 2 is 2.06 bits per heavy atom. The Morgan fingerprint density at radius 1 is 1.41 bits per heavy atom. The second-order valence-electron chi connectivity index (χ2n) is 3.24. The van der Waals surface area contributed by atoms with E-state index in [1.807, 2.05) is 0 Å². The summed E-state index contributed by atoms with van der Waals surface area (Å²) in [5, 5.41) is 10.3. The Hall–Kier alpha value is -1.27. The first kappa shape index (κ1) is 13.8. The number of carbonyl (C=O) groups excluding carboxylic acids is 1. The van der Waals surface area contributed by atoms with E-state index in [1.54, 1.807) is 5.32 Å². The lowest BCUT2D eigenvalue weighted by Crippen LogP contribution is -2.30. The molecule has 0 fully saturated rings. The summed E-state index contributed by atoms with van der Waals surface area (Å²) in [7, 11) is 0. The highest BCUT2D eigenvalue weighted by Crippen LogP contribution is 2.25. The SMILES string of the molecule is O=C(Nc1ccc(CCO)cc1Cl)C(F)(F)F. The Bertz CT molecular complexity index is 421. The second kappa shape index (κ2) is 5.37. The van der Waals surface area contributed by atoms with Crippen LogP contribution in [0.25, 0.3) is 0 Å². The first-order valence-corrected chi connectivity index (χ1v) is 5.00. The summed E-state index contributed by atoms with van der Waals surface area (Å²) in [5.74, 6) is -2.07. The molecule has 0 heterocycles. The van der Waals surface area contributed by atoms with E-state index in [0.29, 0.717) is 12.0 Å². The molecule has 3 nitrogen and oxygen atoms in total. The zero-order chi connectivity index (χ0) is 13.1. The molecule has 1 rings (SSSR count). The van der Waals surface area contributed by atoms with Crippen molar-refractivity contribution < 1.29 is 23.1 Å². The van der Waals surface area contributed by atoms with Gasteiger partial charge in [-0.25, -0.2) is 0 Å². The fourth-order valence-corrected chi connectivity index (χ4v) is 1.39. The van der Waals surface area contributed by atoms with Crippen LogP contribution < -0.4 is 5.32 Å². The van der Waals surface area contributed by atoms with Crippen molar-refractivity contribution in [1.29, 1.82) is 0 Å². The van der Waals surface area contributed by atoms with Crippen LogP contribution >= 0.6 is 11.6 Å². The standard InChI is InChI=1S/C10H9ClF3NO2/c11-7-5-6(3-4-16)1-2-8(7)15-9(17)10(12,13)14/h1-2,5,16H,3-4H2,(H,15,17). The van der Waals surface area contributed by atoms with Gasteiger partial charge in [0.1, 0.15) is 0 Å². The normalized spacial score (nSPS) is 11.4. The van der Waals surface area contributed by atoms with Gasteiger partial charge >= 0.3 is 12.1 Å². The number of carbonyl (C=O) groups is 1. The van der Waals surface area contributed by atoms with Crippen molar-refractivity contribution in [2.45, 2.75) is 12.6 Å². The quantitative estimate of drug-likeness (QED) is 0.883. The van der Waals surface area contributed by atoms with E-state index in [4.69, 9.17) is 16.7 Å². The minimum Gasteiger partial charge on any atom is -0.396 e. The van der Waals surface area contributed by atoms with E-state index in [-0.39, 0.29) is 17.3 Å². The summed E-state index contributed by atoms with van der Waals surface area (Å²) in [4.78, 5) is 10.7. The molecule has 1 aromatic rings. The first-order valence-electron chi connectivity index (χ1n) is 4.62. The highest BCUT2D eigenvalue weighted by Gasteiger charge is 2.38. The van der Waals surface area contributed by atoms with E-state index in [2.05, 4.69) is 0 Å². The summed E-state index contributed by atoms with van der Waals surface area (Å²) < 4.78 is 35.9. The highest BCUT2D eigenvalue weighted by molar-refractivity contribution is 6.33. The van der Waals surface area contributed by atoms with Gasteiger partial charge in [0.05, 0.1) is 10.7 Å². The van der Waals surface area contributed by atoms with Crippen molar-refractivity contribution in [3.05, 3.63) is 28.8 Å². The van der Waals surface area contributed by atoms with E-state index in [0.717, 1.165) is 0 Å². The topological polar surface area (TPSA) is 49.3 Å². The zero-order valence-electron chi connectivity index (χ0n) is 8.51. The van der Waals surface area contributed by atoms with Gasteiger partial charge in [0.2, 0.25) is 0 Å². The number of halogens is 4.